The van der Waals surface area contributed by atoms with Gasteiger partial charge in [0.25, 0.3) is 5.91 Å². The molecule has 1 saturated carbocycles. The Balaban J connectivity index is 2.04. The summed E-state index contributed by atoms with van der Waals surface area (Å²) in [5.74, 6) is -0.114. The number of H-pyrrole nitrogens is 1. The number of amides is 1. The molecule has 1 aliphatic carbocycles. The van der Waals surface area contributed by atoms with Gasteiger partial charge in [0, 0.05) is 18.6 Å². The van der Waals surface area contributed by atoms with Crippen LogP contribution >= 0.6 is 0 Å². The molecule has 1 aliphatic rings. The molecule has 17 heavy (non-hydrogen) atoms. The van der Waals surface area contributed by atoms with Crippen LogP contribution in [-0.2, 0) is 0 Å². The predicted molar refractivity (Wildman–Crippen MR) is 63.4 cm³/mol. The lowest BCUT2D eigenvalue weighted by Gasteiger charge is -2.18. The minimum absolute atomic E-state index is 0.0314. The fourth-order valence-electron chi connectivity index (χ4n) is 2.29. The largest absolute Gasteiger partial charge is 0.396 e. The number of aliphatic hydroxyl groups is 1. The van der Waals surface area contributed by atoms with Crippen molar-refractivity contribution < 1.29 is 9.90 Å². The fourth-order valence-corrected chi connectivity index (χ4v) is 2.29. The van der Waals surface area contributed by atoms with E-state index in [4.69, 9.17) is 5.73 Å². The Kier molecular flexibility index (Phi) is 3.33. The van der Waals surface area contributed by atoms with E-state index in [0.29, 0.717) is 11.4 Å². The zero-order valence-corrected chi connectivity index (χ0v) is 9.86. The molecule has 0 radical (unpaired) electrons. The number of hydrogen-bond acceptors (Lipinski definition) is 4. The lowest BCUT2D eigenvalue weighted by atomic mass is 10.0. The lowest BCUT2D eigenvalue weighted by molar-refractivity contribution is 0.0912. The van der Waals surface area contributed by atoms with Crippen LogP contribution in [0, 0.1) is 12.8 Å². The number of rotatable bonds is 3. The number of aryl methyl sites for hydroxylation is 1. The Morgan fingerprint density at radius 3 is 3.00 bits per heavy atom. The van der Waals surface area contributed by atoms with Crippen molar-refractivity contribution in [2.45, 2.75) is 32.2 Å². The minimum Gasteiger partial charge on any atom is -0.396 e. The van der Waals surface area contributed by atoms with Crippen LogP contribution in [0.4, 0.5) is 5.69 Å². The zero-order valence-electron chi connectivity index (χ0n) is 9.86. The van der Waals surface area contributed by atoms with Crippen LogP contribution < -0.4 is 11.1 Å². The number of carbonyl (C=O) groups is 1. The summed E-state index contributed by atoms with van der Waals surface area (Å²) in [5, 5.41) is 18.6. The van der Waals surface area contributed by atoms with E-state index in [9.17, 15) is 9.90 Å². The van der Waals surface area contributed by atoms with Gasteiger partial charge >= 0.3 is 0 Å². The maximum absolute atomic E-state index is 11.9. The van der Waals surface area contributed by atoms with Crippen molar-refractivity contribution >= 4 is 11.6 Å². The first-order chi connectivity index (χ1) is 8.13. The van der Waals surface area contributed by atoms with Gasteiger partial charge in [-0.3, -0.25) is 9.89 Å². The number of hydrogen-bond donors (Lipinski definition) is 4. The molecular formula is C11H18N4O2. The van der Waals surface area contributed by atoms with Gasteiger partial charge in [0.05, 0.1) is 11.4 Å². The zero-order chi connectivity index (χ0) is 12.4. The number of nitrogens with two attached hydrogens (primary N) is 1. The summed E-state index contributed by atoms with van der Waals surface area (Å²) in [6.45, 7) is 1.88. The van der Waals surface area contributed by atoms with Crippen molar-refractivity contribution in [3.05, 3.63) is 11.4 Å². The van der Waals surface area contributed by atoms with Crippen molar-refractivity contribution in [1.82, 2.24) is 15.5 Å². The average molecular weight is 238 g/mol. The molecule has 0 aliphatic heterocycles. The lowest BCUT2D eigenvalue weighted by Crippen LogP contribution is -2.39. The maximum Gasteiger partial charge on any atom is 0.274 e. The van der Waals surface area contributed by atoms with E-state index in [1.54, 1.807) is 6.92 Å². The van der Waals surface area contributed by atoms with Gasteiger partial charge in [0.1, 0.15) is 0 Å². The fraction of sp³-hybridized carbons (Fsp3) is 0.636. The quantitative estimate of drug-likeness (QED) is 0.603. The van der Waals surface area contributed by atoms with Crippen molar-refractivity contribution in [3.63, 3.8) is 0 Å². The molecule has 6 nitrogen and oxygen atoms in total. The normalized spacial score (nSPS) is 23.9. The van der Waals surface area contributed by atoms with Gasteiger partial charge < -0.3 is 16.2 Å². The molecule has 2 unspecified atom stereocenters. The molecule has 0 aromatic carbocycles. The van der Waals surface area contributed by atoms with E-state index in [0.717, 1.165) is 19.3 Å². The number of aromatic nitrogens is 2. The molecule has 2 rings (SSSR count). The van der Waals surface area contributed by atoms with Crippen molar-refractivity contribution in [3.8, 4) is 0 Å². The summed E-state index contributed by atoms with van der Waals surface area (Å²) in [5.41, 5.74) is 7.07. The first-order valence-electron chi connectivity index (χ1n) is 5.85. The molecule has 1 amide bonds. The molecule has 94 valence electrons. The molecule has 6 heteroatoms. The summed E-state index contributed by atoms with van der Waals surface area (Å²) >= 11 is 0. The van der Waals surface area contributed by atoms with Crippen molar-refractivity contribution in [2.75, 3.05) is 12.3 Å². The first-order valence-corrected chi connectivity index (χ1v) is 5.85. The SMILES string of the molecule is Cc1[nH]nc(C(=O)NC2CCCC2CO)c1N. The number of nitrogens with one attached hydrogen (secondary N) is 2. The summed E-state index contributed by atoms with van der Waals surface area (Å²) in [4.78, 5) is 11.9. The molecule has 1 aromatic rings. The smallest absolute Gasteiger partial charge is 0.274 e. The molecule has 1 fully saturated rings. The Bertz CT molecular complexity index is 416. The summed E-state index contributed by atoms with van der Waals surface area (Å²) < 4.78 is 0. The van der Waals surface area contributed by atoms with Gasteiger partial charge in [0.15, 0.2) is 5.69 Å². The summed E-state index contributed by atoms with van der Waals surface area (Å²) in [7, 11) is 0. The highest BCUT2D eigenvalue weighted by Gasteiger charge is 2.29. The highest BCUT2D eigenvalue weighted by molar-refractivity contribution is 5.97. The van der Waals surface area contributed by atoms with Crippen LogP contribution in [-0.4, -0.2) is 33.9 Å². The Labute approximate surface area is 99.6 Å². The van der Waals surface area contributed by atoms with E-state index in [-0.39, 0.29) is 30.2 Å². The van der Waals surface area contributed by atoms with Crippen molar-refractivity contribution in [2.24, 2.45) is 5.92 Å². The molecule has 0 saturated heterocycles. The number of aliphatic hydroxyl groups excluding tert-OH is 1. The van der Waals surface area contributed by atoms with Crippen LogP contribution in [0.15, 0.2) is 0 Å². The monoisotopic (exact) mass is 238 g/mol. The second-order valence-corrected chi connectivity index (χ2v) is 4.56. The minimum atomic E-state index is -0.266. The second-order valence-electron chi connectivity index (χ2n) is 4.56. The third-order valence-corrected chi connectivity index (χ3v) is 3.42. The van der Waals surface area contributed by atoms with Crippen LogP contribution in [0.25, 0.3) is 0 Å². The van der Waals surface area contributed by atoms with E-state index < -0.39 is 0 Å². The van der Waals surface area contributed by atoms with E-state index >= 15 is 0 Å². The molecule has 1 heterocycles. The Morgan fingerprint density at radius 2 is 2.41 bits per heavy atom. The average Bonchev–Trinajstić information content (AvgIpc) is 2.87. The van der Waals surface area contributed by atoms with E-state index in [2.05, 4.69) is 15.5 Å². The summed E-state index contributed by atoms with van der Waals surface area (Å²) in [6.07, 6.45) is 2.89. The maximum atomic E-state index is 11.9. The molecule has 5 N–H and O–H groups in total. The molecule has 1 aromatic heterocycles. The third-order valence-electron chi connectivity index (χ3n) is 3.42. The molecule has 0 bridgehead atoms. The number of nitrogen functional groups attached to an aromatic ring is 1. The second kappa shape index (κ2) is 4.75. The number of aromatic amines is 1. The predicted octanol–water partition coefficient (Wildman–Crippen LogP) is 0.191. The van der Waals surface area contributed by atoms with Crippen LogP contribution in [0.2, 0.25) is 0 Å². The topological polar surface area (TPSA) is 104 Å². The molecule has 2 atom stereocenters. The number of nitrogens with zero attached hydrogens (tertiary/aromatic N) is 1. The van der Waals surface area contributed by atoms with Gasteiger partial charge in [0.2, 0.25) is 0 Å². The highest BCUT2D eigenvalue weighted by atomic mass is 16.3. The molecule has 0 spiro atoms. The van der Waals surface area contributed by atoms with Gasteiger partial charge in [-0.1, -0.05) is 6.42 Å². The number of anilines is 1. The van der Waals surface area contributed by atoms with Gasteiger partial charge in [-0.15, -0.1) is 0 Å². The van der Waals surface area contributed by atoms with Gasteiger partial charge in [-0.25, -0.2) is 0 Å². The van der Waals surface area contributed by atoms with E-state index in [1.807, 2.05) is 0 Å². The number of carbonyl (C=O) groups excluding carboxylic acids is 1. The Morgan fingerprint density at radius 1 is 1.65 bits per heavy atom. The van der Waals surface area contributed by atoms with Gasteiger partial charge in [-0.05, 0) is 19.8 Å². The van der Waals surface area contributed by atoms with Crippen LogP contribution in [0.3, 0.4) is 0 Å². The standard InChI is InChI=1S/C11H18N4O2/c1-6-9(12)10(15-14-6)11(17)13-8-4-2-3-7(8)5-16/h7-8,16H,2-5,12H2,1H3,(H,13,17)(H,14,15). The van der Waals surface area contributed by atoms with E-state index in [1.165, 1.54) is 0 Å². The summed E-state index contributed by atoms with van der Waals surface area (Å²) in [6, 6.07) is 0.0314. The highest BCUT2D eigenvalue weighted by Crippen LogP contribution is 2.25. The third kappa shape index (κ3) is 2.26. The molecular weight excluding hydrogens is 220 g/mol. The van der Waals surface area contributed by atoms with Gasteiger partial charge in [-0.2, -0.15) is 5.10 Å². The Hall–Kier alpha value is -1.56. The first kappa shape index (κ1) is 11.9. The van der Waals surface area contributed by atoms with Crippen molar-refractivity contribution in [1.29, 1.82) is 0 Å². The van der Waals surface area contributed by atoms with Crippen LogP contribution in [0.1, 0.15) is 35.4 Å². The van der Waals surface area contributed by atoms with Crippen LogP contribution in [0.5, 0.6) is 0 Å².